The van der Waals surface area contributed by atoms with Crippen molar-refractivity contribution in [3.8, 4) is 6.07 Å². The Hall–Kier alpha value is -2.87. The minimum Gasteiger partial charge on any atom is -0.312 e. The number of nitrogens with zero attached hydrogens (tertiary/aromatic N) is 4. The standard InChI is InChI=1S/C16H14N4O/c1-12-6-7-18-20(12)9-8-19-11-13(10-17)14-4-2-3-5-15(14)16(19)21/h2-7,11H,8-9H2,1H3. The van der Waals surface area contributed by atoms with Crippen LogP contribution in [0, 0.1) is 18.3 Å². The number of fused-ring (bicyclic) bond motifs is 1. The lowest BCUT2D eigenvalue weighted by molar-refractivity contribution is 0.516. The first-order chi connectivity index (χ1) is 10.2. The van der Waals surface area contributed by atoms with Gasteiger partial charge in [-0.3, -0.25) is 9.48 Å². The van der Waals surface area contributed by atoms with Gasteiger partial charge in [0.2, 0.25) is 0 Å². The van der Waals surface area contributed by atoms with E-state index in [4.69, 9.17) is 0 Å². The number of nitriles is 1. The highest BCUT2D eigenvalue weighted by Crippen LogP contribution is 2.14. The molecule has 0 amide bonds. The molecule has 0 aliphatic rings. The van der Waals surface area contributed by atoms with Crippen LogP contribution in [-0.4, -0.2) is 14.3 Å². The maximum atomic E-state index is 12.5. The Kier molecular flexibility index (Phi) is 3.28. The van der Waals surface area contributed by atoms with E-state index in [9.17, 15) is 10.1 Å². The summed E-state index contributed by atoms with van der Waals surface area (Å²) in [5.74, 6) is 0. The van der Waals surface area contributed by atoms with Gasteiger partial charge in [0, 0.05) is 35.4 Å². The SMILES string of the molecule is Cc1ccnn1CCn1cc(C#N)c2ccccc2c1=O. The van der Waals surface area contributed by atoms with E-state index in [1.165, 1.54) is 0 Å². The molecule has 3 aromatic rings. The normalized spacial score (nSPS) is 10.7. The molecule has 0 unspecified atom stereocenters. The second-order valence-electron chi connectivity index (χ2n) is 4.89. The maximum absolute atomic E-state index is 12.5. The predicted molar refractivity (Wildman–Crippen MR) is 79.9 cm³/mol. The lowest BCUT2D eigenvalue weighted by Gasteiger charge is -2.10. The smallest absolute Gasteiger partial charge is 0.258 e. The molecule has 0 N–H and O–H groups in total. The van der Waals surface area contributed by atoms with Gasteiger partial charge in [-0.1, -0.05) is 18.2 Å². The second-order valence-corrected chi connectivity index (χ2v) is 4.89. The molecule has 0 aliphatic carbocycles. The van der Waals surface area contributed by atoms with E-state index in [0.29, 0.717) is 29.4 Å². The van der Waals surface area contributed by atoms with Gasteiger partial charge in [-0.15, -0.1) is 0 Å². The molecule has 0 aliphatic heterocycles. The zero-order chi connectivity index (χ0) is 14.8. The molecular formula is C16H14N4O. The Bertz CT molecular complexity index is 899. The Morgan fingerprint density at radius 1 is 1.19 bits per heavy atom. The Balaban J connectivity index is 2.03. The van der Waals surface area contributed by atoms with Crippen LogP contribution in [0.4, 0.5) is 0 Å². The minimum atomic E-state index is -0.0746. The van der Waals surface area contributed by atoms with Crippen molar-refractivity contribution in [3.63, 3.8) is 0 Å². The third kappa shape index (κ3) is 2.32. The monoisotopic (exact) mass is 278 g/mol. The van der Waals surface area contributed by atoms with E-state index in [2.05, 4.69) is 11.2 Å². The van der Waals surface area contributed by atoms with Crippen LogP contribution in [0.25, 0.3) is 10.8 Å². The number of aryl methyl sites for hydroxylation is 3. The Morgan fingerprint density at radius 2 is 1.95 bits per heavy atom. The molecule has 5 heteroatoms. The van der Waals surface area contributed by atoms with Crippen molar-refractivity contribution in [3.05, 3.63) is 64.3 Å². The van der Waals surface area contributed by atoms with E-state index in [1.54, 1.807) is 29.1 Å². The molecule has 0 bridgehead atoms. The van der Waals surface area contributed by atoms with Crippen molar-refractivity contribution in [1.29, 1.82) is 5.26 Å². The zero-order valence-corrected chi connectivity index (χ0v) is 11.7. The number of benzene rings is 1. The summed E-state index contributed by atoms with van der Waals surface area (Å²) in [7, 11) is 0. The van der Waals surface area contributed by atoms with Gasteiger partial charge in [0.15, 0.2) is 0 Å². The fourth-order valence-electron chi connectivity index (χ4n) is 2.43. The van der Waals surface area contributed by atoms with Crippen molar-refractivity contribution in [1.82, 2.24) is 14.3 Å². The third-order valence-electron chi connectivity index (χ3n) is 3.60. The van der Waals surface area contributed by atoms with Gasteiger partial charge in [-0.05, 0) is 19.1 Å². The number of rotatable bonds is 3. The molecule has 5 nitrogen and oxygen atoms in total. The molecule has 104 valence electrons. The van der Waals surface area contributed by atoms with Crippen LogP contribution < -0.4 is 5.56 Å². The van der Waals surface area contributed by atoms with E-state index in [1.807, 2.05) is 29.8 Å². The van der Waals surface area contributed by atoms with Gasteiger partial charge >= 0.3 is 0 Å². The van der Waals surface area contributed by atoms with Crippen molar-refractivity contribution in [2.24, 2.45) is 0 Å². The lowest BCUT2D eigenvalue weighted by atomic mass is 10.1. The zero-order valence-electron chi connectivity index (χ0n) is 11.7. The number of hydrogen-bond acceptors (Lipinski definition) is 3. The summed E-state index contributed by atoms with van der Waals surface area (Å²) < 4.78 is 3.43. The van der Waals surface area contributed by atoms with Crippen LogP contribution in [0.5, 0.6) is 0 Å². The third-order valence-corrected chi connectivity index (χ3v) is 3.60. The van der Waals surface area contributed by atoms with Gasteiger partial charge in [0.25, 0.3) is 5.56 Å². The number of pyridine rings is 1. The highest BCUT2D eigenvalue weighted by molar-refractivity contribution is 5.86. The van der Waals surface area contributed by atoms with Crippen molar-refractivity contribution in [2.45, 2.75) is 20.0 Å². The summed E-state index contributed by atoms with van der Waals surface area (Å²) in [5, 5.41) is 14.7. The van der Waals surface area contributed by atoms with E-state index >= 15 is 0 Å². The van der Waals surface area contributed by atoms with Crippen LogP contribution in [0.2, 0.25) is 0 Å². The van der Waals surface area contributed by atoms with Crippen molar-refractivity contribution >= 4 is 10.8 Å². The molecule has 0 saturated heterocycles. The molecule has 1 aromatic carbocycles. The van der Waals surface area contributed by atoms with Crippen LogP contribution in [0.3, 0.4) is 0 Å². The molecule has 0 fully saturated rings. The van der Waals surface area contributed by atoms with Gasteiger partial charge in [-0.2, -0.15) is 10.4 Å². The summed E-state index contributed by atoms with van der Waals surface area (Å²) in [6, 6.07) is 11.3. The minimum absolute atomic E-state index is 0.0746. The quantitative estimate of drug-likeness (QED) is 0.736. The molecule has 0 saturated carbocycles. The van der Waals surface area contributed by atoms with Gasteiger partial charge < -0.3 is 4.57 Å². The molecule has 0 spiro atoms. The summed E-state index contributed by atoms with van der Waals surface area (Å²) in [4.78, 5) is 12.5. The van der Waals surface area contributed by atoms with Crippen molar-refractivity contribution < 1.29 is 0 Å². The largest absolute Gasteiger partial charge is 0.312 e. The first-order valence-corrected chi connectivity index (χ1v) is 6.71. The number of hydrogen-bond donors (Lipinski definition) is 0. The van der Waals surface area contributed by atoms with Gasteiger partial charge in [-0.25, -0.2) is 0 Å². The van der Waals surface area contributed by atoms with E-state index in [-0.39, 0.29) is 5.56 Å². The van der Waals surface area contributed by atoms with Crippen LogP contribution in [-0.2, 0) is 13.1 Å². The van der Waals surface area contributed by atoms with Crippen LogP contribution in [0.1, 0.15) is 11.3 Å². The Morgan fingerprint density at radius 3 is 2.62 bits per heavy atom. The Labute approximate surface area is 121 Å². The topological polar surface area (TPSA) is 63.6 Å². The summed E-state index contributed by atoms with van der Waals surface area (Å²) in [6.07, 6.45) is 3.36. The summed E-state index contributed by atoms with van der Waals surface area (Å²) >= 11 is 0. The molecule has 2 heterocycles. The van der Waals surface area contributed by atoms with Crippen molar-refractivity contribution in [2.75, 3.05) is 0 Å². The lowest BCUT2D eigenvalue weighted by Crippen LogP contribution is -2.23. The van der Waals surface area contributed by atoms with Crippen LogP contribution >= 0.6 is 0 Å². The average molecular weight is 278 g/mol. The molecular weight excluding hydrogens is 264 g/mol. The predicted octanol–water partition coefficient (Wildman–Crippen LogP) is 2.08. The summed E-state index contributed by atoms with van der Waals surface area (Å²) in [5.41, 5.74) is 1.49. The number of aromatic nitrogens is 3. The second kappa shape index (κ2) is 5.25. The molecule has 0 radical (unpaired) electrons. The average Bonchev–Trinajstić information content (AvgIpc) is 2.92. The van der Waals surface area contributed by atoms with Gasteiger partial charge in [0.05, 0.1) is 12.1 Å². The highest BCUT2D eigenvalue weighted by Gasteiger charge is 2.08. The fourth-order valence-corrected chi connectivity index (χ4v) is 2.43. The first kappa shape index (κ1) is 13.1. The first-order valence-electron chi connectivity index (χ1n) is 6.71. The molecule has 2 aromatic heterocycles. The molecule has 21 heavy (non-hydrogen) atoms. The van der Waals surface area contributed by atoms with Crippen LogP contribution in [0.15, 0.2) is 47.5 Å². The van der Waals surface area contributed by atoms with E-state index < -0.39 is 0 Å². The maximum Gasteiger partial charge on any atom is 0.258 e. The fraction of sp³-hybridized carbons (Fsp3) is 0.188. The van der Waals surface area contributed by atoms with E-state index in [0.717, 1.165) is 5.69 Å². The van der Waals surface area contributed by atoms with Gasteiger partial charge in [0.1, 0.15) is 6.07 Å². The molecule has 3 rings (SSSR count). The summed E-state index contributed by atoms with van der Waals surface area (Å²) in [6.45, 7) is 3.06. The molecule has 0 atom stereocenters. The highest BCUT2D eigenvalue weighted by atomic mass is 16.1.